The van der Waals surface area contributed by atoms with Crippen molar-refractivity contribution in [2.45, 2.75) is 76.6 Å². The topological polar surface area (TPSA) is 119 Å². The summed E-state index contributed by atoms with van der Waals surface area (Å²) < 4.78 is 78.9. The smallest absolute Gasteiger partial charge is 0.390 e. The van der Waals surface area contributed by atoms with Gasteiger partial charge in [-0.3, -0.25) is 14.3 Å². The van der Waals surface area contributed by atoms with Gasteiger partial charge in [0, 0.05) is 42.1 Å². The number of nitrogens with one attached hydrogen (secondary N) is 2. The summed E-state index contributed by atoms with van der Waals surface area (Å²) in [7, 11) is 0. The minimum absolute atomic E-state index is 0.0530. The van der Waals surface area contributed by atoms with E-state index in [1.165, 1.54) is 30.9 Å². The van der Waals surface area contributed by atoms with Gasteiger partial charge in [-0.25, -0.2) is 4.98 Å². The first kappa shape index (κ1) is 30.3. The van der Waals surface area contributed by atoms with E-state index in [9.17, 15) is 31.4 Å². The van der Waals surface area contributed by atoms with Gasteiger partial charge in [0.05, 0.1) is 28.2 Å². The predicted octanol–water partition coefficient (Wildman–Crippen LogP) is 5.88. The molecule has 0 amide bonds. The van der Waals surface area contributed by atoms with E-state index in [1.54, 1.807) is 26.0 Å². The van der Waals surface area contributed by atoms with Crippen LogP contribution >= 0.6 is 0 Å². The largest absolute Gasteiger partial charge is 0.408 e. The molecule has 1 fully saturated rings. The Morgan fingerprint density at radius 1 is 0.953 bits per heavy atom. The highest BCUT2D eigenvalue weighted by Gasteiger charge is 2.31. The maximum absolute atomic E-state index is 12.9. The molecule has 3 N–H and O–H groups in total. The Kier molecular flexibility index (Phi) is 8.07. The molecule has 0 aliphatic heterocycles. The molecule has 0 spiro atoms. The number of aryl methyl sites for hydroxylation is 1. The first-order chi connectivity index (χ1) is 20.1. The van der Waals surface area contributed by atoms with E-state index >= 15 is 0 Å². The SMILES string of the molecule is Cc1nn(CC(F)(F)F)cc1-c1cc(Nc2ncc(-c3ccn(CC(F)(F)F)n3)c(NC3CCC(C)(O)CC3)n2)ccn1. The lowest BCUT2D eigenvalue weighted by molar-refractivity contribution is -0.143. The summed E-state index contributed by atoms with van der Waals surface area (Å²) in [5.41, 5.74) is 1.55. The summed E-state index contributed by atoms with van der Waals surface area (Å²) >= 11 is 0. The highest BCUT2D eigenvalue weighted by Crippen LogP contribution is 2.33. The number of alkyl halides is 6. The summed E-state index contributed by atoms with van der Waals surface area (Å²) in [6, 6.07) is 4.65. The molecule has 16 heteroatoms. The fourth-order valence-corrected chi connectivity index (χ4v) is 4.91. The molecule has 10 nitrogen and oxygen atoms in total. The summed E-state index contributed by atoms with van der Waals surface area (Å²) in [6.07, 6.45) is -0.995. The van der Waals surface area contributed by atoms with E-state index < -0.39 is 31.0 Å². The number of anilines is 3. The molecule has 0 saturated heterocycles. The van der Waals surface area contributed by atoms with Crippen molar-refractivity contribution in [3.05, 3.63) is 48.7 Å². The Balaban J connectivity index is 1.41. The van der Waals surface area contributed by atoms with Crippen molar-refractivity contribution in [1.82, 2.24) is 34.5 Å². The van der Waals surface area contributed by atoms with Crippen LogP contribution in [0.3, 0.4) is 0 Å². The van der Waals surface area contributed by atoms with Gasteiger partial charge in [-0.15, -0.1) is 0 Å². The van der Waals surface area contributed by atoms with Crippen molar-refractivity contribution >= 4 is 17.5 Å². The Labute approximate surface area is 242 Å². The highest BCUT2D eigenvalue weighted by atomic mass is 19.4. The molecule has 4 aromatic heterocycles. The average Bonchev–Trinajstić information content (AvgIpc) is 3.49. The molecule has 5 rings (SSSR count). The number of aliphatic hydroxyl groups is 1. The summed E-state index contributed by atoms with van der Waals surface area (Å²) in [5.74, 6) is 0.505. The molecule has 1 aliphatic carbocycles. The monoisotopic (exact) mass is 609 g/mol. The van der Waals surface area contributed by atoms with Gasteiger partial charge >= 0.3 is 12.4 Å². The fraction of sp³-hybridized carbons (Fsp3) is 0.444. The molecule has 0 bridgehead atoms. The number of hydrogen-bond donors (Lipinski definition) is 3. The summed E-state index contributed by atoms with van der Waals surface area (Å²) in [6.45, 7) is 0.895. The molecular formula is C27H29F6N9O. The standard InChI is InChI=1S/C27H29F6N9O/c1-16-20(13-42(39-16)15-27(31,32)33)22-11-18(5-9-34-22)37-24-35-12-19(21-6-10-41(40-21)14-26(28,29)30)23(38-24)36-17-3-7-25(2,43)8-4-17/h5-6,9-13,17,43H,3-4,7-8,14-15H2,1-2H3,(H2,34,35,36,37,38). The zero-order valence-electron chi connectivity index (χ0n) is 23.2. The zero-order chi connectivity index (χ0) is 31.0. The third-order valence-corrected chi connectivity index (χ3v) is 7.03. The van der Waals surface area contributed by atoms with Gasteiger partial charge in [0.1, 0.15) is 18.9 Å². The Morgan fingerprint density at radius 3 is 2.35 bits per heavy atom. The molecule has 230 valence electrons. The molecule has 1 aliphatic rings. The van der Waals surface area contributed by atoms with Crippen molar-refractivity contribution in [3.63, 3.8) is 0 Å². The Hall–Kier alpha value is -4.21. The number of pyridine rings is 1. The lowest BCUT2D eigenvalue weighted by Crippen LogP contribution is -2.36. The maximum atomic E-state index is 12.9. The number of hydrogen-bond acceptors (Lipinski definition) is 8. The van der Waals surface area contributed by atoms with Crippen LogP contribution in [0, 0.1) is 6.92 Å². The van der Waals surface area contributed by atoms with Crippen molar-refractivity contribution in [3.8, 4) is 22.5 Å². The van der Waals surface area contributed by atoms with Crippen LogP contribution in [0.4, 0.5) is 43.8 Å². The van der Waals surface area contributed by atoms with E-state index in [4.69, 9.17) is 0 Å². The number of aromatic nitrogens is 7. The second-order valence-electron chi connectivity index (χ2n) is 10.9. The van der Waals surface area contributed by atoms with Crippen LogP contribution in [0.1, 0.15) is 38.3 Å². The zero-order valence-corrected chi connectivity index (χ0v) is 23.2. The van der Waals surface area contributed by atoms with Gasteiger partial charge in [-0.2, -0.15) is 41.5 Å². The van der Waals surface area contributed by atoms with Gasteiger partial charge < -0.3 is 15.7 Å². The molecule has 1 saturated carbocycles. The molecule has 43 heavy (non-hydrogen) atoms. The minimum Gasteiger partial charge on any atom is -0.390 e. The van der Waals surface area contributed by atoms with E-state index in [0.29, 0.717) is 59.7 Å². The molecular weight excluding hydrogens is 580 g/mol. The van der Waals surface area contributed by atoms with E-state index in [2.05, 4.69) is 35.8 Å². The molecule has 0 radical (unpaired) electrons. The molecule has 0 aromatic carbocycles. The van der Waals surface area contributed by atoms with E-state index in [1.807, 2.05) is 0 Å². The second kappa shape index (κ2) is 11.5. The van der Waals surface area contributed by atoms with Crippen molar-refractivity contribution in [2.24, 2.45) is 0 Å². The third kappa shape index (κ3) is 8.00. The van der Waals surface area contributed by atoms with E-state index in [-0.39, 0.29) is 17.7 Å². The second-order valence-corrected chi connectivity index (χ2v) is 10.9. The number of nitrogens with zero attached hydrogens (tertiary/aromatic N) is 7. The van der Waals surface area contributed by atoms with Crippen molar-refractivity contribution in [1.29, 1.82) is 0 Å². The van der Waals surface area contributed by atoms with E-state index in [0.717, 1.165) is 9.36 Å². The molecule has 0 unspecified atom stereocenters. The molecule has 4 heterocycles. The van der Waals surface area contributed by atoms with Crippen LogP contribution in [0.15, 0.2) is 43.0 Å². The highest BCUT2D eigenvalue weighted by molar-refractivity contribution is 5.74. The van der Waals surface area contributed by atoms with Gasteiger partial charge in [0.15, 0.2) is 0 Å². The van der Waals surface area contributed by atoms with Gasteiger partial charge in [0.2, 0.25) is 5.95 Å². The minimum atomic E-state index is -4.44. The first-order valence-electron chi connectivity index (χ1n) is 13.4. The Bertz CT molecular complexity index is 1570. The summed E-state index contributed by atoms with van der Waals surface area (Å²) in [4.78, 5) is 13.2. The number of rotatable bonds is 8. The van der Waals surface area contributed by atoms with Gasteiger partial charge in [-0.05, 0) is 57.7 Å². The molecule has 4 aromatic rings. The van der Waals surface area contributed by atoms with Crippen LogP contribution in [-0.2, 0) is 13.1 Å². The normalized spacial score (nSPS) is 19.4. The number of halogens is 6. The van der Waals surface area contributed by atoms with Gasteiger partial charge in [0.25, 0.3) is 0 Å². The maximum Gasteiger partial charge on any atom is 0.408 e. The van der Waals surface area contributed by atoms with Crippen LogP contribution < -0.4 is 10.6 Å². The van der Waals surface area contributed by atoms with Crippen molar-refractivity contribution in [2.75, 3.05) is 10.6 Å². The van der Waals surface area contributed by atoms with Gasteiger partial charge in [-0.1, -0.05) is 0 Å². The fourth-order valence-electron chi connectivity index (χ4n) is 4.91. The van der Waals surface area contributed by atoms with Crippen molar-refractivity contribution < 1.29 is 31.4 Å². The van der Waals surface area contributed by atoms with Crippen LogP contribution in [0.5, 0.6) is 0 Å². The Morgan fingerprint density at radius 2 is 1.65 bits per heavy atom. The average molecular weight is 610 g/mol. The third-order valence-electron chi connectivity index (χ3n) is 7.03. The quantitative estimate of drug-likeness (QED) is 0.212. The lowest BCUT2D eigenvalue weighted by atomic mass is 9.83. The lowest BCUT2D eigenvalue weighted by Gasteiger charge is -2.33. The first-order valence-corrected chi connectivity index (χ1v) is 13.4. The van der Waals surface area contributed by atoms with Crippen LogP contribution in [0.2, 0.25) is 0 Å². The summed E-state index contributed by atoms with van der Waals surface area (Å²) in [5, 5.41) is 24.7. The predicted molar refractivity (Wildman–Crippen MR) is 145 cm³/mol. The van der Waals surface area contributed by atoms with Crippen LogP contribution in [-0.4, -0.2) is 63.6 Å². The van der Waals surface area contributed by atoms with Crippen LogP contribution in [0.25, 0.3) is 22.5 Å². The molecule has 0 atom stereocenters.